The molecule has 0 aromatic heterocycles. The molecule has 0 heterocycles. The number of allylic oxidation sites excluding steroid dienone is 5. The Balaban J connectivity index is 2.99. The summed E-state index contributed by atoms with van der Waals surface area (Å²) >= 11 is 0. The minimum Gasteiger partial charge on any atom is -0.0988 e. The standard InChI is InChI=1S/C15H18/c1-5-12(2)10-11-14(4)15-9-7-6-8-13(15)3/h5-11H,1H2,2-4H3/b12-10-,14-11+. The summed E-state index contributed by atoms with van der Waals surface area (Å²) in [5, 5.41) is 0. The Morgan fingerprint density at radius 2 is 1.80 bits per heavy atom. The summed E-state index contributed by atoms with van der Waals surface area (Å²) in [6.45, 7) is 10.1. The molecule has 0 atom stereocenters. The molecule has 0 nitrogen and oxygen atoms in total. The van der Waals surface area contributed by atoms with Gasteiger partial charge in [0.25, 0.3) is 0 Å². The first-order valence-corrected chi connectivity index (χ1v) is 5.18. The monoisotopic (exact) mass is 198 g/mol. The van der Waals surface area contributed by atoms with E-state index in [0.717, 1.165) is 0 Å². The quantitative estimate of drug-likeness (QED) is 0.626. The van der Waals surface area contributed by atoms with Crippen molar-refractivity contribution >= 4 is 5.57 Å². The van der Waals surface area contributed by atoms with Crippen molar-refractivity contribution in [1.29, 1.82) is 0 Å². The largest absolute Gasteiger partial charge is 0.0988 e. The molecule has 0 fully saturated rings. The van der Waals surface area contributed by atoms with Crippen molar-refractivity contribution in [1.82, 2.24) is 0 Å². The molecular formula is C15H18. The van der Waals surface area contributed by atoms with E-state index in [4.69, 9.17) is 0 Å². The van der Waals surface area contributed by atoms with E-state index in [1.54, 1.807) is 0 Å². The third-order valence-corrected chi connectivity index (χ3v) is 2.49. The van der Waals surface area contributed by atoms with E-state index in [-0.39, 0.29) is 0 Å². The van der Waals surface area contributed by atoms with Gasteiger partial charge in [-0.3, -0.25) is 0 Å². The molecule has 1 rings (SSSR count). The minimum absolute atomic E-state index is 1.18. The lowest BCUT2D eigenvalue weighted by Gasteiger charge is -2.04. The molecule has 0 N–H and O–H groups in total. The lowest BCUT2D eigenvalue weighted by Crippen LogP contribution is -1.83. The van der Waals surface area contributed by atoms with Crippen LogP contribution in [-0.4, -0.2) is 0 Å². The maximum absolute atomic E-state index is 3.73. The Hall–Kier alpha value is -1.56. The molecule has 0 bridgehead atoms. The van der Waals surface area contributed by atoms with Crippen molar-refractivity contribution in [3.05, 3.63) is 65.8 Å². The molecule has 0 radical (unpaired) electrons. The van der Waals surface area contributed by atoms with E-state index in [0.29, 0.717) is 0 Å². The van der Waals surface area contributed by atoms with E-state index in [1.807, 2.05) is 6.08 Å². The van der Waals surface area contributed by atoms with Gasteiger partial charge in [0.2, 0.25) is 0 Å². The van der Waals surface area contributed by atoms with Gasteiger partial charge in [-0.15, -0.1) is 0 Å². The Bertz CT molecular complexity index is 406. The average Bonchev–Trinajstić information content (AvgIpc) is 2.26. The number of rotatable bonds is 3. The van der Waals surface area contributed by atoms with Crippen molar-refractivity contribution in [2.45, 2.75) is 20.8 Å². The van der Waals surface area contributed by atoms with Crippen molar-refractivity contribution in [3.63, 3.8) is 0 Å². The van der Waals surface area contributed by atoms with E-state index in [9.17, 15) is 0 Å². The molecule has 0 saturated heterocycles. The second-order valence-electron chi connectivity index (χ2n) is 3.78. The van der Waals surface area contributed by atoms with Crippen LogP contribution in [0.2, 0.25) is 0 Å². The van der Waals surface area contributed by atoms with Crippen LogP contribution < -0.4 is 0 Å². The lowest BCUT2D eigenvalue weighted by atomic mass is 10.0. The summed E-state index contributed by atoms with van der Waals surface area (Å²) < 4.78 is 0. The molecule has 0 saturated carbocycles. The molecule has 0 amide bonds. The van der Waals surface area contributed by atoms with Crippen LogP contribution in [-0.2, 0) is 0 Å². The smallest absolute Gasteiger partial charge is 0.0198 e. The Labute approximate surface area is 92.6 Å². The Morgan fingerprint density at radius 1 is 1.13 bits per heavy atom. The van der Waals surface area contributed by atoms with E-state index in [1.165, 1.54) is 22.3 Å². The van der Waals surface area contributed by atoms with E-state index in [2.05, 4.69) is 63.8 Å². The normalized spacial score (nSPS) is 12.7. The van der Waals surface area contributed by atoms with Crippen LogP contribution in [0.5, 0.6) is 0 Å². The third kappa shape index (κ3) is 3.25. The van der Waals surface area contributed by atoms with Crippen LogP contribution >= 0.6 is 0 Å². The fraction of sp³-hybridized carbons (Fsp3) is 0.200. The van der Waals surface area contributed by atoms with Gasteiger partial charge in [0, 0.05) is 0 Å². The highest BCUT2D eigenvalue weighted by Crippen LogP contribution is 2.18. The number of benzene rings is 1. The van der Waals surface area contributed by atoms with Crippen LogP contribution in [0.15, 0.2) is 54.6 Å². The molecule has 0 unspecified atom stereocenters. The second-order valence-corrected chi connectivity index (χ2v) is 3.78. The Morgan fingerprint density at radius 3 is 2.40 bits per heavy atom. The highest BCUT2D eigenvalue weighted by atomic mass is 14.0. The van der Waals surface area contributed by atoms with E-state index >= 15 is 0 Å². The Kier molecular flexibility index (Phi) is 4.11. The highest BCUT2D eigenvalue weighted by Gasteiger charge is 1.97. The van der Waals surface area contributed by atoms with Crippen LogP contribution in [0.25, 0.3) is 5.57 Å². The molecule has 1 aromatic rings. The molecule has 0 spiro atoms. The summed E-state index contributed by atoms with van der Waals surface area (Å²) in [4.78, 5) is 0. The van der Waals surface area contributed by atoms with Crippen molar-refractivity contribution in [3.8, 4) is 0 Å². The van der Waals surface area contributed by atoms with Gasteiger partial charge in [0.05, 0.1) is 0 Å². The van der Waals surface area contributed by atoms with Crippen molar-refractivity contribution < 1.29 is 0 Å². The summed E-state index contributed by atoms with van der Waals surface area (Å²) in [7, 11) is 0. The molecule has 1 aromatic carbocycles. The average molecular weight is 198 g/mol. The van der Waals surface area contributed by atoms with Crippen molar-refractivity contribution in [2.75, 3.05) is 0 Å². The first-order chi connectivity index (χ1) is 7.15. The maximum Gasteiger partial charge on any atom is -0.0198 e. The third-order valence-electron chi connectivity index (χ3n) is 2.49. The van der Waals surface area contributed by atoms with Gasteiger partial charge in [0.1, 0.15) is 0 Å². The molecule has 0 heteroatoms. The molecule has 0 aliphatic rings. The predicted octanol–water partition coefficient (Wildman–Crippen LogP) is 4.53. The lowest BCUT2D eigenvalue weighted by molar-refractivity contribution is 1.41. The summed E-state index contributed by atoms with van der Waals surface area (Å²) in [6.07, 6.45) is 6.09. The topological polar surface area (TPSA) is 0 Å². The first kappa shape index (κ1) is 11.5. The van der Waals surface area contributed by atoms with Crippen LogP contribution in [0.4, 0.5) is 0 Å². The van der Waals surface area contributed by atoms with Gasteiger partial charge in [0.15, 0.2) is 0 Å². The summed E-state index contributed by atoms with van der Waals surface area (Å²) in [6, 6.07) is 8.43. The van der Waals surface area contributed by atoms with Crippen molar-refractivity contribution in [2.24, 2.45) is 0 Å². The van der Waals surface area contributed by atoms with Gasteiger partial charge in [-0.1, -0.05) is 54.6 Å². The van der Waals surface area contributed by atoms with Gasteiger partial charge >= 0.3 is 0 Å². The molecule has 0 aliphatic heterocycles. The zero-order chi connectivity index (χ0) is 11.3. The number of aryl methyl sites for hydroxylation is 1. The zero-order valence-corrected chi connectivity index (χ0v) is 9.75. The molecule has 78 valence electrons. The van der Waals surface area contributed by atoms with Gasteiger partial charge in [-0.2, -0.15) is 0 Å². The second kappa shape index (κ2) is 5.35. The first-order valence-electron chi connectivity index (χ1n) is 5.18. The fourth-order valence-corrected chi connectivity index (χ4v) is 1.43. The van der Waals surface area contributed by atoms with Gasteiger partial charge < -0.3 is 0 Å². The van der Waals surface area contributed by atoms with Gasteiger partial charge in [-0.25, -0.2) is 0 Å². The van der Waals surface area contributed by atoms with Crippen LogP contribution in [0.3, 0.4) is 0 Å². The number of hydrogen-bond donors (Lipinski definition) is 0. The minimum atomic E-state index is 1.18. The zero-order valence-electron chi connectivity index (χ0n) is 9.75. The molecule has 0 aliphatic carbocycles. The fourth-order valence-electron chi connectivity index (χ4n) is 1.43. The SMILES string of the molecule is C=C/C(C)=C\C=C(/C)c1ccccc1C. The summed E-state index contributed by atoms with van der Waals surface area (Å²) in [5.74, 6) is 0. The van der Waals surface area contributed by atoms with Crippen LogP contribution in [0, 0.1) is 6.92 Å². The number of hydrogen-bond acceptors (Lipinski definition) is 0. The molecule has 15 heavy (non-hydrogen) atoms. The summed E-state index contributed by atoms with van der Waals surface area (Å²) in [5.41, 5.74) is 5.10. The maximum atomic E-state index is 3.73. The predicted molar refractivity (Wildman–Crippen MR) is 68.8 cm³/mol. The van der Waals surface area contributed by atoms with Gasteiger partial charge in [-0.05, 0) is 37.5 Å². The molecular weight excluding hydrogens is 180 g/mol. The van der Waals surface area contributed by atoms with Crippen LogP contribution in [0.1, 0.15) is 25.0 Å². The highest BCUT2D eigenvalue weighted by molar-refractivity contribution is 5.67. The van der Waals surface area contributed by atoms with E-state index < -0.39 is 0 Å².